The summed E-state index contributed by atoms with van der Waals surface area (Å²) in [5.41, 5.74) is 0.599. The van der Waals surface area contributed by atoms with Gasteiger partial charge in [-0.2, -0.15) is 0 Å². The largest absolute Gasteiger partial charge is 0.389 e. The summed E-state index contributed by atoms with van der Waals surface area (Å²) in [7, 11) is 0. The van der Waals surface area contributed by atoms with E-state index in [1.807, 2.05) is 4.90 Å². The van der Waals surface area contributed by atoms with Crippen molar-refractivity contribution in [2.75, 3.05) is 31.1 Å². The normalized spacial score (nSPS) is 30.9. The highest BCUT2D eigenvalue weighted by molar-refractivity contribution is 5.49. The summed E-state index contributed by atoms with van der Waals surface area (Å²) < 4.78 is 28.8. The molecule has 3 N–H and O–H groups in total. The minimum atomic E-state index is -1.19. The van der Waals surface area contributed by atoms with Gasteiger partial charge in [0.05, 0.1) is 12.2 Å². The molecule has 2 aliphatic heterocycles. The predicted octanol–water partition coefficient (Wildman–Crippen LogP) is 0.894. The first kappa shape index (κ1) is 18.5. The maximum Gasteiger partial charge on any atom is 0.131 e. The van der Waals surface area contributed by atoms with Gasteiger partial charge in [0.1, 0.15) is 17.7 Å². The van der Waals surface area contributed by atoms with Crippen molar-refractivity contribution in [1.82, 2.24) is 4.90 Å². The molecule has 0 aliphatic carbocycles. The van der Waals surface area contributed by atoms with Crippen LogP contribution in [0.5, 0.6) is 0 Å². The van der Waals surface area contributed by atoms with Crippen LogP contribution in [-0.4, -0.2) is 70.8 Å². The van der Waals surface area contributed by atoms with Crippen LogP contribution in [0.1, 0.15) is 25.3 Å². The van der Waals surface area contributed by atoms with E-state index in [2.05, 4.69) is 0 Å². The lowest BCUT2D eigenvalue weighted by Gasteiger charge is -2.42. The van der Waals surface area contributed by atoms with Crippen molar-refractivity contribution in [3.05, 3.63) is 29.3 Å². The van der Waals surface area contributed by atoms with Gasteiger partial charge in [0.25, 0.3) is 0 Å². The van der Waals surface area contributed by atoms with Crippen molar-refractivity contribution in [2.24, 2.45) is 0 Å². The van der Waals surface area contributed by atoms with Crippen molar-refractivity contribution in [3.63, 3.8) is 0 Å². The molecule has 0 bridgehead atoms. The number of rotatable bonds is 4. The molecular weight excluding hydrogens is 330 g/mol. The lowest BCUT2D eigenvalue weighted by molar-refractivity contribution is -0.132. The summed E-state index contributed by atoms with van der Waals surface area (Å²) in [4.78, 5) is 3.73. The number of benzene rings is 1. The lowest BCUT2D eigenvalue weighted by Crippen LogP contribution is -2.60. The molecule has 4 atom stereocenters. The van der Waals surface area contributed by atoms with Crippen LogP contribution in [0.15, 0.2) is 12.1 Å². The van der Waals surface area contributed by atoms with Gasteiger partial charge >= 0.3 is 0 Å². The Bertz CT molecular complexity index is 587. The molecular formula is C18H26F2N2O3. The van der Waals surface area contributed by atoms with Crippen LogP contribution in [0, 0.1) is 11.6 Å². The first-order chi connectivity index (χ1) is 11.9. The van der Waals surface area contributed by atoms with Gasteiger partial charge in [-0.3, -0.25) is 4.90 Å². The molecule has 2 aliphatic rings. The van der Waals surface area contributed by atoms with Gasteiger partial charge in [0.15, 0.2) is 0 Å². The fourth-order valence-electron chi connectivity index (χ4n) is 3.78. The molecule has 0 amide bonds. The third kappa shape index (κ3) is 3.79. The molecule has 3 rings (SSSR count). The van der Waals surface area contributed by atoms with Gasteiger partial charge in [-0.05, 0) is 38.3 Å². The lowest BCUT2D eigenvalue weighted by atomic mass is 9.94. The number of piperidine rings is 1. The highest BCUT2D eigenvalue weighted by Crippen LogP contribution is 2.26. The van der Waals surface area contributed by atoms with E-state index in [9.17, 15) is 24.1 Å². The number of likely N-dealkylation sites (tertiary alicyclic amines) is 1. The Morgan fingerprint density at radius 1 is 1.04 bits per heavy atom. The fourth-order valence-corrected chi connectivity index (χ4v) is 3.78. The molecule has 7 heteroatoms. The number of anilines is 1. The first-order valence-corrected chi connectivity index (χ1v) is 8.89. The van der Waals surface area contributed by atoms with E-state index in [0.29, 0.717) is 12.2 Å². The number of aliphatic hydroxyl groups is 3. The van der Waals surface area contributed by atoms with Gasteiger partial charge < -0.3 is 20.2 Å². The molecule has 5 nitrogen and oxygen atoms in total. The second kappa shape index (κ2) is 7.53. The third-order valence-electron chi connectivity index (χ3n) is 5.48. The van der Waals surface area contributed by atoms with Crippen molar-refractivity contribution < 1.29 is 24.1 Å². The molecule has 0 radical (unpaired) electrons. The Balaban J connectivity index is 1.68. The Kier molecular flexibility index (Phi) is 5.58. The van der Waals surface area contributed by atoms with Gasteiger partial charge in [0, 0.05) is 43.5 Å². The number of nitrogens with zero attached hydrogens (tertiary/aromatic N) is 2. The Morgan fingerprint density at radius 2 is 1.64 bits per heavy atom. The zero-order chi connectivity index (χ0) is 18.1. The number of hydrogen-bond donors (Lipinski definition) is 3. The van der Waals surface area contributed by atoms with Crippen LogP contribution in [0.4, 0.5) is 14.5 Å². The average molecular weight is 356 g/mol. The quantitative estimate of drug-likeness (QED) is 0.748. The SMILES string of the molecule is C[C@@H]1[C@@H](O)[C@H](O)[C@@H](O)CN1CCc1c(F)cc(N2CCCC2)cc1F. The first-order valence-electron chi connectivity index (χ1n) is 8.89. The molecule has 0 spiro atoms. The molecule has 25 heavy (non-hydrogen) atoms. The molecule has 0 saturated carbocycles. The van der Waals surface area contributed by atoms with Gasteiger partial charge in [-0.15, -0.1) is 0 Å². The second-order valence-corrected chi connectivity index (χ2v) is 7.12. The monoisotopic (exact) mass is 356 g/mol. The maximum absolute atomic E-state index is 14.4. The van der Waals surface area contributed by atoms with E-state index >= 15 is 0 Å². The highest BCUT2D eigenvalue weighted by atomic mass is 19.1. The van der Waals surface area contributed by atoms with Crippen molar-refractivity contribution >= 4 is 5.69 Å². The molecule has 0 unspecified atom stereocenters. The van der Waals surface area contributed by atoms with Crippen LogP contribution < -0.4 is 4.90 Å². The van der Waals surface area contributed by atoms with Crippen LogP contribution in [0.2, 0.25) is 0 Å². The fraction of sp³-hybridized carbons (Fsp3) is 0.667. The summed E-state index contributed by atoms with van der Waals surface area (Å²) in [5.74, 6) is -1.12. The number of halogens is 2. The Hall–Kier alpha value is -1.28. The Labute approximate surface area is 146 Å². The molecule has 1 aromatic rings. The van der Waals surface area contributed by atoms with Crippen LogP contribution >= 0.6 is 0 Å². The highest BCUT2D eigenvalue weighted by Gasteiger charge is 2.38. The summed E-state index contributed by atoms with van der Waals surface area (Å²) in [5, 5.41) is 29.4. The molecule has 2 fully saturated rings. The van der Waals surface area contributed by atoms with Gasteiger partial charge in [0.2, 0.25) is 0 Å². The van der Waals surface area contributed by atoms with Crippen molar-refractivity contribution in [3.8, 4) is 0 Å². The zero-order valence-corrected chi connectivity index (χ0v) is 14.4. The number of hydrogen-bond acceptors (Lipinski definition) is 5. The topological polar surface area (TPSA) is 67.2 Å². The van der Waals surface area contributed by atoms with Crippen molar-refractivity contribution in [2.45, 2.75) is 50.5 Å². The second-order valence-electron chi connectivity index (χ2n) is 7.12. The summed E-state index contributed by atoms with van der Waals surface area (Å²) >= 11 is 0. The van der Waals surface area contributed by atoms with E-state index in [4.69, 9.17) is 0 Å². The molecule has 140 valence electrons. The zero-order valence-electron chi connectivity index (χ0n) is 14.4. The molecule has 0 aromatic heterocycles. The van der Waals surface area contributed by atoms with E-state index < -0.39 is 36.0 Å². The number of β-amino-alcohol motifs (C(OH)–C–C–N with tert-alkyl or cyclic N) is 1. The van der Waals surface area contributed by atoms with Crippen molar-refractivity contribution in [1.29, 1.82) is 0 Å². The summed E-state index contributed by atoms with van der Waals surface area (Å²) in [6.45, 7) is 3.82. The minimum absolute atomic E-state index is 0.0187. The standard InChI is InChI=1S/C18H26F2N2O3/c1-11-17(24)18(25)16(23)10-22(11)7-4-13-14(19)8-12(9-15(13)20)21-5-2-3-6-21/h8-9,11,16-18,23-25H,2-7,10H2,1H3/t11-,16+,17-,18-/m1/s1. The van der Waals surface area contributed by atoms with E-state index in [1.165, 1.54) is 12.1 Å². The molecule has 2 saturated heterocycles. The van der Waals surface area contributed by atoms with Crippen LogP contribution in [-0.2, 0) is 6.42 Å². The minimum Gasteiger partial charge on any atom is -0.389 e. The molecule has 1 aromatic carbocycles. The number of aliphatic hydroxyl groups excluding tert-OH is 3. The maximum atomic E-state index is 14.4. The third-order valence-corrected chi connectivity index (χ3v) is 5.48. The molecule has 2 heterocycles. The van der Waals surface area contributed by atoms with Gasteiger partial charge in [-0.25, -0.2) is 8.78 Å². The van der Waals surface area contributed by atoms with Gasteiger partial charge in [-0.1, -0.05) is 0 Å². The van der Waals surface area contributed by atoms with Crippen LogP contribution in [0.25, 0.3) is 0 Å². The Morgan fingerprint density at radius 3 is 2.24 bits per heavy atom. The van der Waals surface area contributed by atoms with E-state index in [-0.39, 0.29) is 18.5 Å². The smallest absolute Gasteiger partial charge is 0.131 e. The predicted molar refractivity (Wildman–Crippen MR) is 90.6 cm³/mol. The van der Waals surface area contributed by atoms with E-state index in [0.717, 1.165) is 25.9 Å². The van der Waals surface area contributed by atoms with E-state index in [1.54, 1.807) is 11.8 Å². The average Bonchev–Trinajstić information content (AvgIpc) is 3.11. The summed E-state index contributed by atoms with van der Waals surface area (Å²) in [6, 6.07) is 2.38. The summed E-state index contributed by atoms with van der Waals surface area (Å²) in [6.07, 6.45) is -1.14. The van der Waals surface area contributed by atoms with Crippen LogP contribution in [0.3, 0.4) is 0 Å².